The number of carbonyl (C=O) groups excluding carboxylic acids is 2. The lowest BCUT2D eigenvalue weighted by molar-refractivity contribution is -0.126. The fourth-order valence-electron chi connectivity index (χ4n) is 2.95. The summed E-state index contributed by atoms with van der Waals surface area (Å²) >= 11 is 5.81. The van der Waals surface area contributed by atoms with Gasteiger partial charge < -0.3 is 10.6 Å². The molecule has 1 heterocycles. The first-order valence-corrected chi connectivity index (χ1v) is 10.8. The molecule has 2 N–H and O–H groups in total. The largest absolute Gasteiger partial charge is 0.355 e. The van der Waals surface area contributed by atoms with Gasteiger partial charge in [0, 0.05) is 43.0 Å². The molecule has 1 aliphatic rings. The summed E-state index contributed by atoms with van der Waals surface area (Å²) in [6, 6.07) is 6.13. The Morgan fingerprint density at radius 1 is 1.19 bits per heavy atom. The average Bonchev–Trinajstić information content (AvgIpc) is 2.61. The molecule has 0 spiro atoms. The number of halogens is 1. The summed E-state index contributed by atoms with van der Waals surface area (Å²) in [5.41, 5.74) is 0. The zero-order valence-electron chi connectivity index (χ0n) is 15.6. The number of rotatable bonds is 7. The molecule has 1 aromatic rings. The fraction of sp³-hybridized carbons (Fsp3) is 0.556. The quantitative estimate of drug-likeness (QED) is 0.709. The van der Waals surface area contributed by atoms with Crippen LogP contribution in [0.4, 0.5) is 0 Å². The second-order valence-corrected chi connectivity index (χ2v) is 9.27. The third-order valence-electron chi connectivity index (χ3n) is 4.38. The van der Waals surface area contributed by atoms with Crippen molar-refractivity contribution in [1.82, 2.24) is 14.9 Å². The summed E-state index contributed by atoms with van der Waals surface area (Å²) < 4.78 is 26.7. The Hall–Kier alpha value is -1.64. The van der Waals surface area contributed by atoms with Crippen LogP contribution in [0.15, 0.2) is 29.2 Å². The molecular weight excluding hydrogens is 390 g/mol. The van der Waals surface area contributed by atoms with Crippen molar-refractivity contribution in [3.05, 3.63) is 29.3 Å². The molecule has 0 saturated carbocycles. The SMILES string of the molecule is CC(C)NC(=O)CCNC(=O)C1CCN(S(=O)(=O)c2ccc(Cl)cc2)CC1. The Labute approximate surface area is 165 Å². The van der Waals surface area contributed by atoms with Crippen molar-refractivity contribution in [1.29, 1.82) is 0 Å². The van der Waals surface area contributed by atoms with E-state index in [1.165, 1.54) is 16.4 Å². The van der Waals surface area contributed by atoms with E-state index in [1.54, 1.807) is 12.1 Å². The van der Waals surface area contributed by atoms with Gasteiger partial charge in [-0.15, -0.1) is 0 Å². The van der Waals surface area contributed by atoms with Crippen LogP contribution in [-0.4, -0.2) is 50.2 Å². The number of sulfonamides is 1. The first-order chi connectivity index (χ1) is 12.7. The zero-order chi connectivity index (χ0) is 20.0. The molecule has 2 rings (SSSR count). The van der Waals surface area contributed by atoms with Gasteiger partial charge in [0.15, 0.2) is 0 Å². The zero-order valence-corrected chi connectivity index (χ0v) is 17.1. The van der Waals surface area contributed by atoms with Crippen molar-refractivity contribution in [2.45, 2.75) is 44.0 Å². The molecule has 27 heavy (non-hydrogen) atoms. The summed E-state index contributed by atoms with van der Waals surface area (Å²) in [7, 11) is -3.58. The molecule has 0 radical (unpaired) electrons. The first kappa shape index (κ1) is 21.7. The van der Waals surface area contributed by atoms with E-state index in [4.69, 9.17) is 11.6 Å². The van der Waals surface area contributed by atoms with Crippen LogP contribution in [-0.2, 0) is 19.6 Å². The third-order valence-corrected chi connectivity index (χ3v) is 6.54. The predicted octanol–water partition coefficient (Wildman–Crippen LogP) is 1.77. The lowest BCUT2D eigenvalue weighted by atomic mass is 9.97. The van der Waals surface area contributed by atoms with Crippen LogP contribution in [0.25, 0.3) is 0 Å². The first-order valence-electron chi connectivity index (χ1n) is 9.03. The highest BCUT2D eigenvalue weighted by molar-refractivity contribution is 7.89. The highest BCUT2D eigenvalue weighted by atomic mass is 35.5. The summed E-state index contributed by atoms with van der Waals surface area (Å²) in [6.45, 7) is 4.61. The molecule has 1 fully saturated rings. The molecular formula is C18H26ClN3O4S. The maximum atomic E-state index is 12.6. The van der Waals surface area contributed by atoms with Gasteiger partial charge in [-0.25, -0.2) is 8.42 Å². The maximum Gasteiger partial charge on any atom is 0.243 e. The second-order valence-electron chi connectivity index (χ2n) is 6.90. The molecule has 150 valence electrons. The topological polar surface area (TPSA) is 95.6 Å². The van der Waals surface area contributed by atoms with E-state index in [9.17, 15) is 18.0 Å². The van der Waals surface area contributed by atoms with Gasteiger partial charge in [-0.2, -0.15) is 4.31 Å². The Morgan fingerprint density at radius 3 is 2.33 bits per heavy atom. The Bertz CT molecular complexity index is 757. The number of nitrogens with zero attached hydrogens (tertiary/aromatic N) is 1. The van der Waals surface area contributed by atoms with Crippen LogP contribution in [0.2, 0.25) is 5.02 Å². The molecule has 0 atom stereocenters. The number of amides is 2. The smallest absolute Gasteiger partial charge is 0.243 e. The van der Waals surface area contributed by atoms with Crippen molar-refractivity contribution in [2.24, 2.45) is 5.92 Å². The number of hydrogen-bond donors (Lipinski definition) is 2. The Kier molecular flexibility index (Phi) is 7.64. The number of benzene rings is 1. The summed E-state index contributed by atoms with van der Waals surface area (Å²) in [5, 5.41) is 6.01. The van der Waals surface area contributed by atoms with Crippen molar-refractivity contribution in [3.63, 3.8) is 0 Å². The highest BCUT2D eigenvalue weighted by Gasteiger charge is 2.31. The minimum atomic E-state index is -3.58. The normalized spacial score (nSPS) is 16.3. The van der Waals surface area contributed by atoms with Crippen molar-refractivity contribution in [2.75, 3.05) is 19.6 Å². The second kappa shape index (κ2) is 9.52. The van der Waals surface area contributed by atoms with Gasteiger partial charge in [0.1, 0.15) is 0 Å². The van der Waals surface area contributed by atoms with Gasteiger partial charge in [-0.05, 0) is 51.0 Å². The molecule has 1 aliphatic heterocycles. The summed E-state index contributed by atoms with van der Waals surface area (Å²) in [5.74, 6) is -0.472. The molecule has 9 heteroatoms. The molecule has 1 saturated heterocycles. The molecule has 0 aromatic heterocycles. The van der Waals surface area contributed by atoms with E-state index in [0.717, 1.165) is 0 Å². The van der Waals surface area contributed by atoms with Crippen LogP contribution >= 0.6 is 11.6 Å². The van der Waals surface area contributed by atoms with E-state index in [0.29, 0.717) is 17.9 Å². The van der Waals surface area contributed by atoms with E-state index in [2.05, 4.69) is 10.6 Å². The minimum Gasteiger partial charge on any atom is -0.355 e. The third kappa shape index (κ3) is 6.19. The minimum absolute atomic E-state index is 0.0696. The van der Waals surface area contributed by atoms with Crippen LogP contribution < -0.4 is 10.6 Å². The summed E-state index contributed by atoms with van der Waals surface area (Å²) in [4.78, 5) is 24.0. The Balaban J connectivity index is 1.81. The van der Waals surface area contributed by atoms with Gasteiger partial charge >= 0.3 is 0 Å². The average molecular weight is 416 g/mol. The monoisotopic (exact) mass is 415 g/mol. The summed E-state index contributed by atoms with van der Waals surface area (Å²) in [6.07, 6.45) is 1.14. The predicted molar refractivity (Wildman–Crippen MR) is 104 cm³/mol. The van der Waals surface area contributed by atoms with Crippen LogP contribution in [0.5, 0.6) is 0 Å². The lowest BCUT2D eigenvalue weighted by Crippen LogP contribution is -2.43. The van der Waals surface area contributed by atoms with Crippen LogP contribution in [0.3, 0.4) is 0 Å². The number of carbonyl (C=O) groups is 2. The number of nitrogens with one attached hydrogen (secondary N) is 2. The standard InChI is InChI=1S/C18H26ClN3O4S/c1-13(2)21-17(23)7-10-20-18(24)14-8-11-22(12-9-14)27(25,26)16-5-3-15(19)4-6-16/h3-6,13-14H,7-12H2,1-2H3,(H,20,24)(H,21,23). The number of hydrogen-bond acceptors (Lipinski definition) is 4. The Morgan fingerprint density at radius 2 is 1.78 bits per heavy atom. The van der Waals surface area contributed by atoms with E-state index >= 15 is 0 Å². The van der Waals surface area contributed by atoms with Crippen LogP contribution in [0.1, 0.15) is 33.1 Å². The van der Waals surface area contributed by atoms with Crippen molar-refractivity contribution < 1.29 is 18.0 Å². The van der Waals surface area contributed by atoms with Crippen molar-refractivity contribution in [3.8, 4) is 0 Å². The van der Waals surface area contributed by atoms with E-state index in [1.807, 2.05) is 13.8 Å². The molecule has 1 aromatic carbocycles. The van der Waals surface area contributed by atoms with E-state index in [-0.39, 0.29) is 54.7 Å². The van der Waals surface area contributed by atoms with E-state index < -0.39 is 10.0 Å². The molecule has 0 unspecified atom stereocenters. The molecule has 7 nitrogen and oxygen atoms in total. The van der Waals surface area contributed by atoms with Crippen molar-refractivity contribution >= 4 is 33.4 Å². The highest BCUT2D eigenvalue weighted by Crippen LogP contribution is 2.24. The van der Waals surface area contributed by atoms with Gasteiger partial charge in [-0.1, -0.05) is 11.6 Å². The lowest BCUT2D eigenvalue weighted by Gasteiger charge is -2.30. The maximum absolute atomic E-state index is 12.6. The fourth-order valence-corrected chi connectivity index (χ4v) is 4.55. The molecule has 0 bridgehead atoms. The van der Waals surface area contributed by atoms with Gasteiger partial charge in [-0.3, -0.25) is 9.59 Å². The number of piperidine rings is 1. The van der Waals surface area contributed by atoms with Gasteiger partial charge in [0.05, 0.1) is 4.90 Å². The molecule has 2 amide bonds. The van der Waals surface area contributed by atoms with Gasteiger partial charge in [0.25, 0.3) is 0 Å². The molecule has 0 aliphatic carbocycles. The van der Waals surface area contributed by atoms with Gasteiger partial charge in [0.2, 0.25) is 21.8 Å². The van der Waals surface area contributed by atoms with Crippen LogP contribution in [0, 0.1) is 5.92 Å².